The Hall–Kier alpha value is -1.10. The van der Waals surface area contributed by atoms with E-state index in [0.29, 0.717) is 19.4 Å². The van der Waals surface area contributed by atoms with Crippen molar-refractivity contribution in [3.63, 3.8) is 0 Å². The van der Waals surface area contributed by atoms with Crippen LogP contribution in [-0.4, -0.2) is 35.7 Å². The van der Waals surface area contributed by atoms with Gasteiger partial charge in [0.25, 0.3) is 0 Å². The minimum Gasteiger partial charge on any atom is -0.480 e. The van der Waals surface area contributed by atoms with Crippen molar-refractivity contribution >= 4 is 11.9 Å². The molecule has 1 aliphatic carbocycles. The van der Waals surface area contributed by atoms with Crippen molar-refractivity contribution in [2.45, 2.75) is 38.3 Å². The summed E-state index contributed by atoms with van der Waals surface area (Å²) in [5.74, 6) is -1.36. The van der Waals surface area contributed by atoms with Crippen LogP contribution in [0.3, 0.4) is 0 Å². The van der Waals surface area contributed by atoms with Gasteiger partial charge in [-0.15, -0.1) is 0 Å². The van der Waals surface area contributed by atoms with Crippen molar-refractivity contribution in [2.24, 2.45) is 5.41 Å². The van der Waals surface area contributed by atoms with Gasteiger partial charge in [-0.3, -0.25) is 9.59 Å². The van der Waals surface area contributed by atoms with Gasteiger partial charge in [0, 0.05) is 6.61 Å². The normalized spacial score (nSPS) is 32.3. The summed E-state index contributed by atoms with van der Waals surface area (Å²) in [6.07, 6.45) is 1.66. The van der Waals surface area contributed by atoms with Crippen molar-refractivity contribution in [1.29, 1.82) is 0 Å². The Bertz CT molecular complexity index is 298. The third kappa shape index (κ3) is 1.71. The second-order valence-corrected chi connectivity index (χ2v) is 4.33. The van der Waals surface area contributed by atoms with Gasteiger partial charge in [-0.2, -0.15) is 0 Å². The minimum atomic E-state index is -1.14. The van der Waals surface area contributed by atoms with E-state index in [4.69, 9.17) is 9.84 Å². The number of carboxylic acid groups (broad SMARTS) is 1. The summed E-state index contributed by atoms with van der Waals surface area (Å²) in [5, 5.41) is 11.7. The van der Waals surface area contributed by atoms with Gasteiger partial charge in [-0.25, -0.2) is 0 Å². The Morgan fingerprint density at radius 3 is 2.53 bits per heavy atom. The van der Waals surface area contributed by atoms with Crippen LogP contribution < -0.4 is 5.32 Å². The van der Waals surface area contributed by atoms with E-state index in [2.05, 4.69) is 5.32 Å². The highest BCUT2D eigenvalue weighted by Crippen LogP contribution is 2.46. The van der Waals surface area contributed by atoms with Crippen LogP contribution in [0, 0.1) is 5.41 Å². The van der Waals surface area contributed by atoms with Crippen LogP contribution in [0.15, 0.2) is 0 Å². The first-order chi connectivity index (χ1) is 7.06. The first kappa shape index (κ1) is 10.4. The van der Waals surface area contributed by atoms with E-state index < -0.39 is 11.4 Å². The summed E-state index contributed by atoms with van der Waals surface area (Å²) in [6, 6.07) is -0.0330. The lowest BCUT2D eigenvalue weighted by atomic mass is 10.0. The second-order valence-electron chi connectivity index (χ2n) is 4.33. The highest BCUT2D eigenvalue weighted by molar-refractivity contribution is 6.04. The minimum absolute atomic E-state index is 0.0152. The maximum Gasteiger partial charge on any atom is 0.319 e. The fourth-order valence-corrected chi connectivity index (χ4v) is 1.89. The lowest BCUT2D eigenvalue weighted by Crippen LogP contribution is -2.45. The van der Waals surface area contributed by atoms with Gasteiger partial charge < -0.3 is 15.2 Å². The first-order valence-electron chi connectivity index (χ1n) is 5.22. The fraction of sp³-hybridized carbons (Fsp3) is 0.800. The molecule has 1 heterocycles. The van der Waals surface area contributed by atoms with Crippen molar-refractivity contribution < 1.29 is 19.4 Å². The highest BCUT2D eigenvalue weighted by Gasteiger charge is 2.57. The summed E-state index contributed by atoms with van der Waals surface area (Å²) in [7, 11) is 0. The molecule has 15 heavy (non-hydrogen) atoms. The lowest BCUT2D eigenvalue weighted by molar-refractivity contribution is -0.149. The van der Waals surface area contributed by atoms with E-state index in [1.54, 1.807) is 0 Å². The molecule has 0 radical (unpaired) electrons. The number of amides is 1. The summed E-state index contributed by atoms with van der Waals surface area (Å²) >= 11 is 0. The Kier molecular flexibility index (Phi) is 2.42. The Morgan fingerprint density at radius 2 is 2.13 bits per heavy atom. The number of hydrogen-bond acceptors (Lipinski definition) is 3. The number of carbonyl (C=O) groups is 2. The van der Waals surface area contributed by atoms with E-state index in [9.17, 15) is 9.59 Å². The van der Waals surface area contributed by atoms with Crippen LogP contribution in [0.5, 0.6) is 0 Å². The number of nitrogens with one attached hydrogen (secondary N) is 1. The fourth-order valence-electron chi connectivity index (χ4n) is 1.89. The molecule has 0 bridgehead atoms. The Labute approximate surface area is 87.8 Å². The monoisotopic (exact) mass is 213 g/mol. The molecule has 0 aromatic heterocycles. The molecule has 2 N–H and O–H groups in total. The zero-order chi connectivity index (χ0) is 11.1. The average Bonchev–Trinajstić information content (AvgIpc) is 2.89. The molecule has 0 spiro atoms. The molecule has 0 aromatic rings. The van der Waals surface area contributed by atoms with Gasteiger partial charge >= 0.3 is 5.97 Å². The SMILES string of the molecule is CC1OCCC1NC(=O)C1(C(=O)O)CC1. The number of rotatable bonds is 3. The van der Waals surface area contributed by atoms with Gasteiger partial charge in [0.05, 0.1) is 12.1 Å². The quantitative estimate of drug-likeness (QED) is 0.654. The van der Waals surface area contributed by atoms with Crippen molar-refractivity contribution in [3.8, 4) is 0 Å². The molecule has 2 unspecified atom stereocenters. The molecule has 5 heteroatoms. The highest BCUT2D eigenvalue weighted by atomic mass is 16.5. The maximum absolute atomic E-state index is 11.7. The molecule has 1 saturated carbocycles. The topological polar surface area (TPSA) is 75.6 Å². The molecular formula is C10H15NO4. The summed E-state index contributed by atoms with van der Waals surface area (Å²) < 4.78 is 5.30. The number of carbonyl (C=O) groups excluding carboxylic acids is 1. The van der Waals surface area contributed by atoms with Crippen LogP contribution in [0.1, 0.15) is 26.2 Å². The molecule has 5 nitrogen and oxygen atoms in total. The molecular weight excluding hydrogens is 198 g/mol. The van der Waals surface area contributed by atoms with Gasteiger partial charge in [0.2, 0.25) is 5.91 Å². The first-order valence-corrected chi connectivity index (χ1v) is 5.22. The summed E-state index contributed by atoms with van der Waals surface area (Å²) in [5.41, 5.74) is -1.14. The lowest BCUT2D eigenvalue weighted by Gasteiger charge is -2.18. The van der Waals surface area contributed by atoms with E-state index in [0.717, 1.165) is 6.42 Å². The molecule has 2 fully saturated rings. The third-order valence-electron chi connectivity index (χ3n) is 3.29. The molecule has 2 rings (SSSR count). The Morgan fingerprint density at radius 1 is 1.47 bits per heavy atom. The van der Waals surface area contributed by atoms with E-state index in [1.807, 2.05) is 6.92 Å². The molecule has 0 aromatic carbocycles. The van der Waals surface area contributed by atoms with Gasteiger partial charge in [-0.05, 0) is 26.2 Å². The van der Waals surface area contributed by atoms with Crippen LogP contribution in [0.25, 0.3) is 0 Å². The molecule has 1 saturated heterocycles. The number of aliphatic carboxylic acids is 1. The second kappa shape index (κ2) is 3.48. The van der Waals surface area contributed by atoms with E-state index >= 15 is 0 Å². The van der Waals surface area contributed by atoms with Crippen LogP contribution in [-0.2, 0) is 14.3 Å². The van der Waals surface area contributed by atoms with Gasteiger partial charge in [-0.1, -0.05) is 0 Å². The van der Waals surface area contributed by atoms with E-state index in [1.165, 1.54) is 0 Å². The standard InChI is InChI=1S/C10H15NO4/c1-6-7(2-5-15-6)11-8(12)10(3-4-10)9(13)14/h6-7H,2-5H2,1H3,(H,11,12)(H,13,14). The molecule has 2 aliphatic rings. The zero-order valence-corrected chi connectivity index (χ0v) is 8.66. The smallest absolute Gasteiger partial charge is 0.319 e. The van der Waals surface area contributed by atoms with Gasteiger partial charge in [0.1, 0.15) is 5.41 Å². The van der Waals surface area contributed by atoms with Crippen LogP contribution in [0.4, 0.5) is 0 Å². The predicted octanol–water partition coefficient (Wildman–Crippen LogP) is 0.145. The predicted molar refractivity (Wildman–Crippen MR) is 51.3 cm³/mol. The number of hydrogen-bond donors (Lipinski definition) is 2. The third-order valence-corrected chi connectivity index (χ3v) is 3.29. The summed E-state index contributed by atoms with van der Waals surface area (Å²) in [4.78, 5) is 22.6. The van der Waals surface area contributed by atoms with Crippen LogP contribution >= 0.6 is 0 Å². The number of carboxylic acids is 1. The largest absolute Gasteiger partial charge is 0.480 e. The van der Waals surface area contributed by atoms with Crippen LogP contribution in [0.2, 0.25) is 0 Å². The summed E-state index contributed by atoms with van der Waals surface area (Å²) in [6.45, 7) is 2.52. The Balaban J connectivity index is 1.95. The van der Waals surface area contributed by atoms with Gasteiger partial charge in [0.15, 0.2) is 0 Å². The molecule has 1 amide bonds. The molecule has 1 aliphatic heterocycles. The average molecular weight is 213 g/mol. The molecule has 2 atom stereocenters. The van der Waals surface area contributed by atoms with Crippen molar-refractivity contribution in [2.75, 3.05) is 6.61 Å². The maximum atomic E-state index is 11.7. The zero-order valence-electron chi connectivity index (χ0n) is 8.66. The van der Waals surface area contributed by atoms with E-state index in [-0.39, 0.29) is 18.1 Å². The number of ether oxygens (including phenoxy) is 1. The molecule has 84 valence electrons. The van der Waals surface area contributed by atoms with Crippen molar-refractivity contribution in [1.82, 2.24) is 5.32 Å². The van der Waals surface area contributed by atoms with Crippen molar-refractivity contribution in [3.05, 3.63) is 0 Å².